The molecule has 104 valence electrons. The van der Waals surface area contributed by atoms with Gasteiger partial charge in [0.1, 0.15) is 5.78 Å². The largest absolute Gasteiger partial charge is 0.396 e. The van der Waals surface area contributed by atoms with Gasteiger partial charge in [-0.25, -0.2) is 0 Å². The number of benzene rings is 1. The van der Waals surface area contributed by atoms with E-state index in [2.05, 4.69) is 24.3 Å². The molecule has 1 N–H and O–H groups in total. The van der Waals surface area contributed by atoms with Crippen molar-refractivity contribution in [3.63, 3.8) is 0 Å². The van der Waals surface area contributed by atoms with Crippen LogP contribution in [0.1, 0.15) is 62.0 Å². The number of aliphatic hydroxyl groups is 1. The van der Waals surface area contributed by atoms with Crippen LogP contribution in [-0.4, -0.2) is 17.5 Å². The Morgan fingerprint density at radius 1 is 1.05 bits per heavy atom. The van der Waals surface area contributed by atoms with Gasteiger partial charge in [0.25, 0.3) is 0 Å². The van der Waals surface area contributed by atoms with Crippen LogP contribution in [0.4, 0.5) is 0 Å². The van der Waals surface area contributed by atoms with Crippen LogP contribution in [0.25, 0.3) is 0 Å². The predicted octanol–water partition coefficient (Wildman–Crippen LogP) is 3.62. The molecule has 0 aromatic heterocycles. The molecule has 1 unspecified atom stereocenters. The highest BCUT2D eigenvalue weighted by atomic mass is 16.2. The number of aryl methyl sites for hydroxylation is 1. The number of rotatable bonds is 7. The fraction of sp³-hybridized carbons (Fsp3) is 0.588. The Hall–Kier alpha value is -1.15. The summed E-state index contributed by atoms with van der Waals surface area (Å²) in [6.45, 7) is 0.314. The van der Waals surface area contributed by atoms with Gasteiger partial charge in [-0.2, -0.15) is 0 Å². The zero-order valence-electron chi connectivity index (χ0n) is 11.6. The highest BCUT2D eigenvalue weighted by Gasteiger charge is 2.23. The number of unbranched alkanes of at least 4 members (excludes halogenated alkanes) is 3. The second kappa shape index (κ2) is 7.44. The van der Waals surface area contributed by atoms with Gasteiger partial charge in [0.2, 0.25) is 0 Å². The van der Waals surface area contributed by atoms with Crippen molar-refractivity contribution in [1.82, 2.24) is 0 Å². The van der Waals surface area contributed by atoms with E-state index in [1.165, 1.54) is 24.0 Å². The van der Waals surface area contributed by atoms with Crippen LogP contribution >= 0.6 is 0 Å². The number of carbonyl (C=O) groups excluding carboxylic acids is 1. The van der Waals surface area contributed by atoms with E-state index in [0.29, 0.717) is 18.3 Å². The molecule has 2 nitrogen and oxygen atoms in total. The summed E-state index contributed by atoms with van der Waals surface area (Å²) in [6.07, 6.45) is 8.08. The summed E-state index contributed by atoms with van der Waals surface area (Å²) in [6, 6.07) is 8.83. The van der Waals surface area contributed by atoms with Crippen LogP contribution in [-0.2, 0) is 11.2 Å². The second-order valence-corrected chi connectivity index (χ2v) is 5.61. The molecule has 1 atom stereocenters. The third-order valence-corrected chi connectivity index (χ3v) is 4.07. The highest BCUT2D eigenvalue weighted by Crippen LogP contribution is 2.32. The van der Waals surface area contributed by atoms with Gasteiger partial charge in [-0.1, -0.05) is 37.1 Å². The second-order valence-electron chi connectivity index (χ2n) is 5.61. The van der Waals surface area contributed by atoms with Crippen molar-refractivity contribution in [2.45, 2.75) is 57.3 Å². The molecule has 1 saturated carbocycles. The minimum atomic E-state index is 0.314. The first-order valence-corrected chi connectivity index (χ1v) is 7.51. The van der Waals surface area contributed by atoms with Crippen molar-refractivity contribution in [1.29, 1.82) is 0 Å². The average Bonchev–Trinajstić information content (AvgIpc) is 2.86. The van der Waals surface area contributed by atoms with E-state index in [1.807, 2.05) is 0 Å². The van der Waals surface area contributed by atoms with E-state index < -0.39 is 0 Å². The molecule has 19 heavy (non-hydrogen) atoms. The SMILES string of the molecule is O=C1CCC(c2ccc(CCCCCCO)cc2)C1. The summed E-state index contributed by atoms with van der Waals surface area (Å²) in [5.74, 6) is 0.879. The van der Waals surface area contributed by atoms with Crippen LogP contribution in [0, 0.1) is 0 Å². The van der Waals surface area contributed by atoms with Crippen LogP contribution < -0.4 is 0 Å². The van der Waals surface area contributed by atoms with Gasteiger partial charge in [-0.3, -0.25) is 4.79 Å². The molecular weight excluding hydrogens is 236 g/mol. The lowest BCUT2D eigenvalue weighted by atomic mass is 9.95. The van der Waals surface area contributed by atoms with Crippen molar-refractivity contribution in [3.05, 3.63) is 35.4 Å². The Morgan fingerprint density at radius 2 is 1.79 bits per heavy atom. The third kappa shape index (κ3) is 4.46. The maximum Gasteiger partial charge on any atom is 0.133 e. The van der Waals surface area contributed by atoms with E-state index >= 15 is 0 Å². The van der Waals surface area contributed by atoms with Crippen molar-refractivity contribution < 1.29 is 9.90 Å². The van der Waals surface area contributed by atoms with Crippen LogP contribution in [0.5, 0.6) is 0 Å². The lowest BCUT2D eigenvalue weighted by Crippen LogP contribution is -1.95. The fourth-order valence-corrected chi connectivity index (χ4v) is 2.85. The lowest BCUT2D eigenvalue weighted by molar-refractivity contribution is -0.117. The first-order valence-electron chi connectivity index (χ1n) is 7.51. The quantitative estimate of drug-likeness (QED) is 0.760. The van der Waals surface area contributed by atoms with Crippen LogP contribution in [0.3, 0.4) is 0 Å². The number of aliphatic hydroxyl groups excluding tert-OH is 1. The fourth-order valence-electron chi connectivity index (χ4n) is 2.85. The summed E-state index contributed by atoms with van der Waals surface area (Å²) >= 11 is 0. The molecule has 0 heterocycles. The van der Waals surface area contributed by atoms with E-state index in [0.717, 1.165) is 38.5 Å². The molecule has 1 aromatic carbocycles. The van der Waals surface area contributed by atoms with Gasteiger partial charge in [0.05, 0.1) is 0 Å². The summed E-state index contributed by atoms with van der Waals surface area (Å²) in [4.78, 5) is 11.3. The lowest BCUT2D eigenvalue weighted by Gasteiger charge is -2.09. The summed E-state index contributed by atoms with van der Waals surface area (Å²) < 4.78 is 0. The summed E-state index contributed by atoms with van der Waals surface area (Å²) in [5, 5.41) is 8.71. The molecule has 1 aromatic rings. The minimum absolute atomic E-state index is 0.314. The normalized spacial score (nSPS) is 19.0. The van der Waals surface area contributed by atoms with E-state index in [1.54, 1.807) is 0 Å². The Bertz CT molecular complexity index is 394. The van der Waals surface area contributed by atoms with Gasteiger partial charge in [0, 0.05) is 19.4 Å². The standard InChI is InChI=1S/C17H24O2/c18-12-4-2-1-3-5-14-6-8-15(9-7-14)16-10-11-17(19)13-16/h6-9,16,18H,1-5,10-13H2. The molecule has 1 aliphatic carbocycles. The minimum Gasteiger partial charge on any atom is -0.396 e. The molecule has 1 aliphatic rings. The van der Waals surface area contributed by atoms with Gasteiger partial charge in [-0.15, -0.1) is 0 Å². The Morgan fingerprint density at radius 3 is 2.42 bits per heavy atom. The Labute approximate surface area is 115 Å². The van der Waals surface area contributed by atoms with E-state index in [9.17, 15) is 4.79 Å². The van der Waals surface area contributed by atoms with Crippen molar-refractivity contribution in [2.24, 2.45) is 0 Å². The van der Waals surface area contributed by atoms with Crippen molar-refractivity contribution >= 4 is 5.78 Å². The average molecular weight is 260 g/mol. The maximum absolute atomic E-state index is 11.3. The van der Waals surface area contributed by atoms with Gasteiger partial charge in [-0.05, 0) is 42.7 Å². The van der Waals surface area contributed by atoms with Crippen molar-refractivity contribution in [3.8, 4) is 0 Å². The first kappa shape index (κ1) is 14.3. The molecule has 2 heteroatoms. The third-order valence-electron chi connectivity index (χ3n) is 4.07. The van der Waals surface area contributed by atoms with E-state index in [-0.39, 0.29) is 0 Å². The number of hydrogen-bond donors (Lipinski definition) is 1. The number of carbonyl (C=O) groups is 1. The number of hydrogen-bond acceptors (Lipinski definition) is 2. The van der Waals surface area contributed by atoms with Crippen molar-refractivity contribution in [2.75, 3.05) is 6.61 Å². The Balaban J connectivity index is 1.76. The highest BCUT2D eigenvalue weighted by molar-refractivity contribution is 5.81. The first-order chi connectivity index (χ1) is 9.29. The monoisotopic (exact) mass is 260 g/mol. The Kier molecular flexibility index (Phi) is 5.59. The zero-order chi connectivity index (χ0) is 13.5. The maximum atomic E-state index is 11.3. The molecule has 1 fully saturated rings. The number of ketones is 1. The van der Waals surface area contributed by atoms with Gasteiger partial charge >= 0.3 is 0 Å². The number of Topliss-reactive ketones (excluding diaryl/α,β-unsaturated/α-hetero) is 1. The predicted molar refractivity (Wildman–Crippen MR) is 77.3 cm³/mol. The summed E-state index contributed by atoms with van der Waals surface area (Å²) in [5.41, 5.74) is 2.71. The topological polar surface area (TPSA) is 37.3 Å². The van der Waals surface area contributed by atoms with Crippen LogP contribution in [0.2, 0.25) is 0 Å². The molecule has 0 spiro atoms. The molecule has 0 amide bonds. The molecule has 0 aliphatic heterocycles. The molecule has 2 rings (SSSR count). The summed E-state index contributed by atoms with van der Waals surface area (Å²) in [7, 11) is 0. The molecule has 0 saturated heterocycles. The molecular formula is C17H24O2. The molecule has 0 bridgehead atoms. The zero-order valence-corrected chi connectivity index (χ0v) is 11.6. The van der Waals surface area contributed by atoms with Crippen LogP contribution in [0.15, 0.2) is 24.3 Å². The van der Waals surface area contributed by atoms with Gasteiger partial charge in [0.15, 0.2) is 0 Å². The molecule has 0 radical (unpaired) electrons. The van der Waals surface area contributed by atoms with E-state index in [4.69, 9.17) is 5.11 Å². The smallest absolute Gasteiger partial charge is 0.133 e. The van der Waals surface area contributed by atoms with Gasteiger partial charge < -0.3 is 5.11 Å².